The van der Waals surface area contributed by atoms with Crippen molar-refractivity contribution in [1.82, 2.24) is 4.90 Å². The molecule has 2 N–H and O–H groups in total. The van der Waals surface area contributed by atoms with Crippen LogP contribution in [-0.2, 0) is 4.74 Å². The number of nitrogens with zero attached hydrogens (tertiary/aromatic N) is 1. The fourth-order valence-electron chi connectivity index (χ4n) is 2.65. The Morgan fingerprint density at radius 3 is 2.45 bits per heavy atom. The molecule has 0 fully saturated rings. The third kappa shape index (κ3) is 5.61. The van der Waals surface area contributed by atoms with E-state index in [-0.39, 0.29) is 0 Å². The van der Waals surface area contributed by atoms with Gasteiger partial charge in [-0.1, -0.05) is 44.2 Å². The van der Waals surface area contributed by atoms with Crippen molar-refractivity contribution < 1.29 is 4.74 Å². The minimum Gasteiger partial charge on any atom is -0.380 e. The Morgan fingerprint density at radius 1 is 1.20 bits per heavy atom. The summed E-state index contributed by atoms with van der Waals surface area (Å²) in [5.41, 5.74) is 7.39. The number of ether oxygens (including phenoxy) is 1. The second-order valence-electron chi connectivity index (χ2n) is 5.26. The van der Waals surface area contributed by atoms with E-state index in [4.69, 9.17) is 10.5 Å². The van der Waals surface area contributed by atoms with Gasteiger partial charge in [0.1, 0.15) is 0 Å². The van der Waals surface area contributed by atoms with Gasteiger partial charge in [-0.05, 0) is 31.4 Å². The summed E-state index contributed by atoms with van der Waals surface area (Å²) < 4.78 is 5.47. The van der Waals surface area contributed by atoms with Crippen molar-refractivity contribution in [2.45, 2.75) is 39.2 Å². The van der Waals surface area contributed by atoms with Gasteiger partial charge in [-0.2, -0.15) is 0 Å². The number of nitrogens with two attached hydrogens (primary N) is 1. The summed E-state index contributed by atoms with van der Waals surface area (Å²) >= 11 is 0. The highest BCUT2D eigenvalue weighted by Gasteiger charge is 2.19. The molecule has 0 amide bonds. The van der Waals surface area contributed by atoms with Crippen LogP contribution in [0.5, 0.6) is 0 Å². The molecule has 0 bridgehead atoms. The molecule has 3 nitrogen and oxygen atoms in total. The topological polar surface area (TPSA) is 38.5 Å². The van der Waals surface area contributed by atoms with Gasteiger partial charge in [-0.15, -0.1) is 0 Å². The molecule has 0 aliphatic rings. The van der Waals surface area contributed by atoms with E-state index in [0.717, 1.165) is 32.7 Å². The molecule has 1 rings (SSSR count). The zero-order chi connectivity index (χ0) is 14.8. The van der Waals surface area contributed by atoms with Crippen LogP contribution in [0.25, 0.3) is 0 Å². The Balaban J connectivity index is 2.55. The summed E-state index contributed by atoms with van der Waals surface area (Å²) in [4.78, 5) is 2.44. The minimum absolute atomic E-state index is 0.427. The van der Waals surface area contributed by atoms with E-state index in [9.17, 15) is 0 Å². The molecule has 0 spiro atoms. The first kappa shape index (κ1) is 17.2. The molecule has 0 radical (unpaired) electrons. The predicted molar refractivity (Wildman–Crippen MR) is 86.1 cm³/mol. The van der Waals surface area contributed by atoms with E-state index in [2.05, 4.69) is 49.1 Å². The normalized spacial score (nSPS) is 14.4. The van der Waals surface area contributed by atoms with E-state index in [1.807, 2.05) is 6.92 Å². The lowest BCUT2D eigenvalue weighted by molar-refractivity contribution is 0.0944. The van der Waals surface area contributed by atoms with Crippen LogP contribution < -0.4 is 5.73 Å². The van der Waals surface area contributed by atoms with Crippen molar-refractivity contribution in [1.29, 1.82) is 0 Å². The Bertz CT molecular complexity index is 342. The van der Waals surface area contributed by atoms with Crippen LogP contribution in [0, 0.1) is 0 Å². The van der Waals surface area contributed by atoms with Gasteiger partial charge in [0.25, 0.3) is 0 Å². The molecule has 0 heterocycles. The highest BCUT2D eigenvalue weighted by molar-refractivity contribution is 5.18. The number of benzene rings is 1. The predicted octanol–water partition coefficient (Wildman–Crippen LogP) is 2.87. The van der Waals surface area contributed by atoms with E-state index >= 15 is 0 Å². The maximum absolute atomic E-state index is 6.00. The van der Waals surface area contributed by atoms with Gasteiger partial charge in [0, 0.05) is 25.7 Å². The average Bonchev–Trinajstić information content (AvgIpc) is 2.50. The van der Waals surface area contributed by atoms with Gasteiger partial charge < -0.3 is 10.5 Å². The van der Waals surface area contributed by atoms with Gasteiger partial charge >= 0.3 is 0 Å². The number of likely N-dealkylation sites (N-methyl/N-ethyl adjacent to an activating group) is 1. The Labute approximate surface area is 124 Å². The van der Waals surface area contributed by atoms with E-state index < -0.39 is 0 Å². The Kier molecular flexibility index (Phi) is 8.51. The smallest absolute Gasteiger partial charge is 0.0593 e. The quantitative estimate of drug-likeness (QED) is 0.669. The summed E-state index contributed by atoms with van der Waals surface area (Å²) in [5.74, 6) is 0.533. The molecule has 0 aromatic heterocycles. The molecule has 114 valence electrons. The molecule has 2 unspecified atom stereocenters. The molecule has 3 heteroatoms. The Morgan fingerprint density at radius 2 is 1.90 bits per heavy atom. The van der Waals surface area contributed by atoms with Crippen molar-refractivity contribution in [3.8, 4) is 0 Å². The lowest BCUT2D eigenvalue weighted by Crippen LogP contribution is -2.43. The van der Waals surface area contributed by atoms with Crippen LogP contribution in [0.4, 0.5) is 0 Å². The zero-order valence-electron chi connectivity index (χ0n) is 13.2. The highest BCUT2D eigenvalue weighted by Crippen LogP contribution is 2.22. The summed E-state index contributed by atoms with van der Waals surface area (Å²) in [5, 5.41) is 0. The van der Waals surface area contributed by atoms with E-state index in [0.29, 0.717) is 18.5 Å². The molecular formula is C17H30N2O. The second kappa shape index (κ2) is 9.92. The third-order valence-electron chi connectivity index (χ3n) is 3.92. The molecule has 0 saturated heterocycles. The van der Waals surface area contributed by atoms with Crippen molar-refractivity contribution in [3.05, 3.63) is 35.9 Å². The lowest BCUT2D eigenvalue weighted by Gasteiger charge is -2.31. The first-order valence-corrected chi connectivity index (χ1v) is 7.79. The molecule has 1 aromatic carbocycles. The molecule has 0 saturated carbocycles. The van der Waals surface area contributed by atoms with E-state index in [1.54, 1.807) is 0 Å². The summed E-state index contributed by atoms with van der Waals surface area (Å²) in [7, 11) is 0. The van der Waals surface area contributed by atoms with Crippen LogP contribution in [0.2, 0.25) is 0 Å². The fourth-order valence-corrected chi connectivity index (χ4v) is 2.65. The monoisotopic (exact) mass is 278 g/mol. The molecule has 0 aliphatic heterocycles. The summed E-state index contributed by atoms with van der Waals surface area (Å²) in [6.45, 7) is 10.8. The maximum Gasteiger partial charge on any atom is 0.0593 e. The van der Waals surface area contributed by atoms with Crippen LogP contribution in [0.15, 0.2) is 30.3 Å². The number of hydrogen-bond acceptors (Lipinski definition) is 3. The van der Waals surface area contributed by atoms with Gasteiger partial charge in [-0.3, -0.25) is 4.90 Å². The molecule has 2 atom stereocenters. The van der Waals surface area contributed by atoms with Crippen LogP contribution in [0.1, 0.15) is 38.7 Å². The second-order valence-corrected chi connectivity index (χ2v) is 5.26. The average molecular weight is 278 g/mol. The largest absolute Gasteiger partial charge is 0.380 e. The third-order valence-corrected chi connectivity index (χ3v) is 3.92. The van der Waals surface area contributed by atoms with Gasteiger partial charge in [0.15, 0.2) is 0 Å². The standard InChI is InChI=1S/C17H30N2O/c1-4-19(11-12-20-5-2)17(14-18)13-15(3)16-9-7-6-8-10-16/h6-10,15,17H,4-5,11-14,18H2,1-3H3. The first-order valence-electron chi connectivity index (χ1n) is 7.79. The van der Waals surface area contributed by atoms with E-state index in [1.165, 1.54) is 5.56 Å². The molecule has 20 heavy (non-hydrogen) atoms. The highest BCUT2D eigenvalue weighted by atomic mass is 16.5. The van der Waals surface area contributed by atoms with Gasteiger partial charge in [0.2, 0.25) is 0 Å². The minimum atomic E-state index is 0.427. The zero-order valence-corrected chi connectivity index (χ0v) is 13.2. The van der Waals surface area contributed by atoms with Crippen molar-refractivity contribution in [3.63, 3.8) is 0 Å². The van der Waals surface area contributed by atoms with Crippen LogP contribution >= 0.6 is 0 Å². The summed E-state index contributed by atoms with van der Waals surface area (Å²) in [6.07, 6.45) is 1.10. The van der Waals surface area contributed by atoms with Crippen LogP contribution in [-0.4, -0.2) is 43.8 Å². The molecule has 1 aromatic rings. The maximum atomic E-state index is 6.00. The van der Waals surface area contributed by atoms with Crippen molar-refractivity contribution >= 4 is 0 Å². The number of rotatable bonds is 10. The molecule has 0 aliphatic carbocycles. The molecular weight excluding hydrogens is 248 g/mol. The summed E-state index contributed by atoms with van der Waals surface area (Å²) in [6, 6.07) is 11.1. The fraction of sp³-hybridized carbons (Fsp3) is 0.647. The Hall–Kier alpha value is -0.900. The van der Waals surface area contributed by atoms with Gasteiger partial charge in [0.05, 0.1) is 6.61 Å². The van der Waals surface area contributed by atoms with Crippen molar-refractivity contribution in [2.75, 3.05) is 32.8 Å². The first-order chi connectivity index (χ1) is 9.72. The van der Waals surface area contributed by atoms with Crippen molar-refractivity contribution in [2.24, 2.45) is 5.73 Å². The van der Waals surface area contributed by atoms with Crippen LogP contribution in [0.3, 0.4) is 0 Å². The van der Waals surface area contributed by atoms with Gasteiger partial charge in [-0.25, -0.2) is 0 Å². The SMILES string of the molecule is CCOCCN(CC)C(CN)CC(C)c1ccccc1. The lowest BCUT2D eigenvalue weighted by atomic mass is 9.93. The number of hydrogen-bond donors (Lipinski definition) is 1.